The van der Waals surface area contributed by atoms with Crippen LogP contribution in [0.25, 0.3) is 0 Å². The van der Waals surface area contributed by atoms with Crippen LogP contribution in [0.3, 0.4) is 0 Å². The minimum Gasteiger partial charge on any atom is -0.486 e. The van der Waals surface area contributed by atoms with Gasteiger partial charge in [-0.15, -0.1) is 0 Å². The van der Waals surface area contributed by atoms with Crippen LogP contribution in [0, 0.1) is 13.8 Å². The molecule has 1 N–H and O–H groups in total. The monoisotopic (exact) mass is 297 g/mol. The molecule has 114 valence electrons. The van der Waals surface area contributed by atoms with E-state index in [-0.39, 0.29) is 5.91 Å². The Kier molecular flexibility index (Phi) is 4.00. The van der Waals surface area contributed by atoms with Crippen molar-refractivity contribution < 1.29 is 14.3 Å². The van der Waals surface area contributed by atoms with Crippen LogP contribution in [0.4, 0.5) is 5.69 Å². The zero-order chi connectivity index (χ0) is 15.5. The molecule has 0 radical (unpaired) electrons. The van der Waals surface area contributed by atoms with E-state index < -0.39 is 0 Å². The summed E-state index contributed by atoms with van der Waals surface area (Å²) in [5, 5.41) is 2.94. The lowest BCUT2D eigenvalue weighted by Crippen LogP contribution is -2.17. The van der Waals surface area contributed by atoms with Gasteiger partial charge in [0.25, 0.3) is 0 Å². The molecular formula is C18H19NO3. The Labute approximate surface area is 130 Å². The van der Waals surface area contributed by atoms with Gasteiger partial charge in [0.1, 0.15) is 13.2 Å². The van der Waals surface area contributed by atoms with Crippen LogP contribution in [0.5, 0.6) is 11.5 Å². The summed E-state index contributed by atoms with van der Waals surface area (Å²) in [4.78, 5) is 12.2. The normalized spacial score (nSPS) is 12.8. The predicted molar refractivity (Wildman–Crippen MR) is 85.7 cm³/mol. The summed E-state index contributed by atoms with van der Waals surface area (Å²) in [6, 6.07) is 11.6. The summed E-state index contributed by atoms with van der Waals surface area (Å²) >= 11 is 0. The SMILES string of the molecule is Cc1cc(C)cc(NC(=O)Cc2ccc3c(c2)OCCO3)c1. The fourth-order valence-corrected chi connectivity index (χ4v) is 2.64. The largest absolute Gasteiger partial charge is 0.486 e. The molecule has 0 unspecified atom stereocenters. The standard InChI is InChI=1S/C18H19NO3/c1-12-7-13(2)9-15(8-12)19-18(20)11-14-3-4-16-17(10-14)22-6-5-21-16/h3-4,7-10H,5-6,11H2,1-2H3,(H,19,20). The summed E-state index contributed by atoms with van der Waals surface area (Å²) in [5.41, 5.74) is 4.01. The van der Waals surface area contributed by atoms with Crippen LogP contribution >= 0.6 is 0 Å². The Morgan fingerprint density at radius 3 is 2.41 bits per heavy atom. The van der Waals surface area contributed by atoms with E-state index >= 15 is 0 Å². The van der Waals surface area contributed by atoms with Crippen LogP contribution in [-0.2, 0) is 11.2 Å². The number of rotatable bonds is 3. The van der Waals surface area contributed by atoms with Crippen LogP contribution in [0.1, 0.15) is 16.7 Å². The lowest BCUT2D eigenvalue weighted by Gasteiger charge is -2.18. The van der Waals surface area contributed by atoms with E-state index in [1.54, 1.807) is 0 Å². The molecule has 0 spiro atoms. The smallest absolute Gasteiger partial charge is 0.228 e. The quantitative estimate of drug-likeness (QED) is 0.946. The zero-order valence-electron chi connectivity index (χ0n) is 12.8. The first-order valence-corrected chi connectivity index (χ1v) is 7.37. The number of carbonyl (C=O) groups is 1. The highest BCUT2D eigenvalue weighted by Gasteiger charge is 2.13. The molecule has 0 saturated carbocycles. The van der Waals surface area contributed by atoms with Crippen LogP contribution in [-0.4, -0.2) is 19.1 Å². The average Bonchev–Trinajstić information content (AvgIpc) is 2.45. The number of aryl methyl sites for hydroxylation is 2. The van der Waals surface area contributed by atoms with Gasteiger partial charge in [-0.3, -0.25) is 4.79 Å². The lowest BCUT2D eigenvalue weighted by molar-refractivity contribution is -0.115. The molecule has 4 nitrogen and oxygen atoms in total. The Balaban J connectivity index is 1.69. The molecule has 1 aliphatic rings. The second-order valence-electron chi connectivity index (χ2n) is 5.58. The van der Waals surface area contributed by atoms with Crippen molar-refractivity contribution in [2.24, 2.45) is 0 Å². The van der Waals surface area contributed by atoms with Gasteiger partial charge < -0.3 is 14.8 Å². The number of fused-ring (bicyclic) bond motifs is 1. The van der Waals surface area contributed by atoms with Crippen molar-refractivity contribution in [3.63, 3.8) is 0 Å². The van der Waals surface area contributed by atoms with Crippen molar-refractivity contribution in [3.8, 4) is 11.5 Å². The van der Waals surface area contributed by atoms with Gasteiger partial charge in [0, 0.05) is 5.69 Å². The van der Waals surface area contributed by atoms with Crippen LogP contribution in [0.2, 0.25) is 0 Å². The van der Waals surface area contributed by atoms with E-state index in [1.165, 1.54) is 0 Å². The predicted octanol–water partition coefficient (Wildman–Crippen LogP) is 3.26. The molecular weight excluding hydrogens is 278 g/mol. The van der Waals surface area contributed by atoms with Gasteiger partial charge >= 0.3 is 0 Å². The lowest BCUT2D eigenvalue weighted by atomic mass is 10.1. The number of amides is 1. The Morgan fingerprint density at radius 1 is 1.00 bits per heavy atom. The Hall–Kier alpha value is -2.49. The number of ether oxygens (including phenoxy) is 2. The molecule has 1 aliphatic heterocycles. The second-order valence-corrected chi connectivity index (χ2v) is 5.58. The number of hydrogen-bond acceptors (Lipinski definition) is 3. The molecule has 2 aromatic rings. The van der Waals surface area contributed by atoms with E-state index in [2.05, 4.69) is 11.4 Å². The van der Waals surface area contributed by atoms with Gasteiger partial charge in [0.2, 0.25) is 5.91 Å². The third-order valence-electron chi connectivity index (χ3n) is 3.48. The van der Waals surface area contributed by atoms with Crippen LogP contribution < -0.4 is 14.8 Å². The van der Waals surface area contributed by atoms with E-state index in [9.17, 15) is 4.79 Å². The third-order valence-corrected chi connectivity index (χ3v) is 3.48. The molecule has 0 bridgehead atoms. The van der Waals surface area contributed by atoms with Gasteiger partial charge in [-0.25, -0.2) is 0 Å². The molecule has 1 amide bonds. The topological polar surface area (TPSA) is 47.6 Å². The molecule has 0 aromatic heterocycles. The van der Waals surface area contributed by atoms with Crippen molar-refractivity contribution in [1.29, 1.82) is 0 Å². The number of hydrogen-bond donors (Lipinski definition) is 1. The highest BCUT2D eigenvalue weighted by atomic mass is 16.6. The van der Waals surface area contributed by atoms with Crippen molar-refractivity contribution >= 4 is 11.6 Å². The maximum atomic E-state index is 12.2. The molecule has 4 heteroatoms. The average molecular weight is 297 g/mol. The van der Waals surface area contributed by atoms with E-state index in [4.69, 9.17) is 9.47 Å². The van der Waals surface area contributed by atoms with Gasteiger partial charge in [-0.2, -0.15) is 0 Å². The molecule has 0 fully saturated rings. The molecule has 1 heterocycles. The van der Waals surface area contributed by atoms with Crippen molar-refractivity contribution in [3.05, 3.63) is 53.1 Å². The Bertz CT molecular complexity index is 689. The van der Waals surface area contributed by atoms with Gasteiger partial charge in [-0.1, -0.05) is 12.1 Å². The fraction of sp³-hybridized carbons (Fsp3) is 0.278. The van der Waals surface area contributed by atoms with Crippen LogP contribution in [0.15, 0.2) is 36.4 Å². The number of anilines is 1. The van der Waals surface area contributed by atoms with Gasteiger partial charge in [0.15, 0.2) is 11.5 Å². The zero-order valence-corrected chi connectivity index (χ0v) is 12.8. The fourth-order valence-electron chi connectivity index (χ4n) is 2.64. The maximum absolute atomic E-state index is 12.2. The van der Waals surface area contributed by atoms with Crippen molar-refractivity contribution in [1.82, 2.24) is 0 Å². The summed E-state index contributed by atoms with van der Waals surface area (Å²) in [6.07, 6.45) is 0.309. The molecule has 22 heavy (non-hydrogen) atoms. The summed E-state index contributed by atoms with van der Waals surface area (Å²) in [5.74, 6) is 1.41. The molecule has 2 aromatic carbocycles. The van der Waals surface area contributed by atoms with Crippen molar-refractivity contribution in [2.75, 3.05) is 18.5 Å². The minimum atomic E-state index is -0.0401. The third kappa shape index (κ3) is 3.39. The highest BCUT2D eigenvalue weighted by Crippen LogP contribution is 2.30. The first-order chi connectivity index (χ1) is 10.6. The van der Waals surface area contributed by atoms with E-state index in [0.29, 0.717) is 25.4 Å². The Morgan fingerprint density at radius 2 is 1.68 bits per heavy atom. The van der Waals surface area contributed by atoms with E-state index in [0.717, 1.165) is 28.1 Å². The first kappa shape index (κ1) is 14.4. The molecule has 0 saturated heterocycles. The number of carbonyl (C=O) groups excluding carboxylic acids is 1. The summed E-state index contributed by atoms with van der Waals surface area (Å²) in [6.45, 7) is 5.15. The highest BCUT2D eigenvalue weighted by molar-refractivity contribution is 5.92. The first-order valence-electron chi connectivity index (χ1n) is 7.37. The van der Waals surface area contributed by atoms with Gasteiger partial charge in [0.05, 0.1) is 6.42 Å². The van der Waals surface area contributed by atoms with Gasteiger partial charge in [-0.05, 0) is 54.8 Å². The number of benzene rings is 2. The summed E-state index contributed by atoms with van der Waals surface area (Å²) in [7, 11) is 0. The summed E-state index contributed by atoms with van der Waals surface area (Å²) < 4.78 is 11.0. The molecule has 0 aliphatic carbocycles. The molecule has 3 rings (SSSR count). The second kappa shape index (κ2) is 6.10. The van der Waals surface area contributed by atoms with Crippen molar-refractivity contribution in [2.45, 2.75) is 20.3 Å². The van der Waals surface area contributed by atoms with E-state index in [1.807, 2.05) is 44.2 Å². The maximum Gasteiger partial charge on any atom is 0.228 e. The molecule has 0 atom stereocenters. The number of nitrogens with one attached hydrogen (secondary N) is 1. The minimum absolute atomic E-state index is 0.0401.